The minimum atomic E-state index is -0.246. The summed E-state index contributed by atoms with van der Waals surface area (Å²) in [5.41, 5.74) is 8.11. The standard InChI is InChI=1S/C11H12N4O2/c12-11-10-9(14-5-15-11)7(3-13-10)8-2-1-6(4-16)17-8/h1-3,5-6,8,13,16H,4H2,(H2,12,14,15)/t6-,8+/m0/s1. The molecule has 6 heteroatoms. The van der Waals surface area contributed by atoms with Crippen LogP contribution in [0.1, 0.15) is 11.7 Å². The minimum absolute atomic E-state index is 0.0214. The Hall–Kier alpha value is -1.92. The highest BCUT2D eigenvalue weighted by molar-refractivity contribution is 5.87. The van der Waals surface area contributed by atoms with Gasteiger partial charge in [-0.25, -0.2) is 9.97 Å². The Kier molecular flexibility index (Phi) is 2.31. The average Bonchev–Trinajstić information content (AvgIpc) is 2.94. The van der Waals surface area contributed by atoms with Crippen LogP contribution in [0.15, 0.2) is 24.7 Å². The van der Waals surface area contributed by atoms with E-state index in [4.69, 9.17) is 15.6 Å². The average molecular weight is 232 g/mol. The number of hydrogen-bond acceptors (Lipinski definition) is 5. The fourth-order valence-corrected chi connectivity index (χ4v) is 1.98. The fourth-order valence-electron chi connectivity index (χ4n) is 1.98. The number of aromatic nitrogens is 3. The third-order valence-electron chi connectivity index (χ3n) is 2.83. The number of anilines is 1. The first-order valence-electron chi connectivity index (χ1n) is 5.31. The van der Waals surface area contributed by atoms with Crippen LogP contribution in [0.4, 0.5) is 5.82 Å². The number of fused-ring (bicyclic) bond motifs is 1. The number of ether oxygens (including phenoxy) is 1. The van der Waals surface area contributed by atoms with E-state index in [9.17, 15) is 0 Å². The predicted molar refractivity (Wildman–Crippen MR) is 62.1 cm³/mol. The van der Waals surface area contributed by atoms with Gasteiger partial charge in [0, 0.05) is 11.8 Å². The zero-order valence-electron chi connectivity index (χ0n) is 9.00. The fraction of sp³-hybridized carbons (Fsp3) is 0.273. The molecule has 0 aromatic carbocycles. The van der Waals surface area contributed by atoms with Crippen LogP contribution in [0.2, 0.25) is 0 Å². The summed E-state index contributed by atoms with van der Waals surface area (Å²) in [5, 5.41) is 9.01. The van der Waals surface area contributed by atoms with Crippen LogP contribution >= 0.6 is 0 Å². The number of H-pyrrole nitrogens is 1. The Balaban J connectivity index is 2.02. The van der Waals surface area contributed by atoms with Crippen LogP contribution in [0.3, 0.4) is 0 Å². The normalized spacial score (nSPS) is 23.6. The molecule has 0 spiro atoms. The number of nitrogen functional groups attached to an aromatic ring is 1. The summed E-state index contributed by atoms with van der Waals surface area (Å²) >= 11 is 0. The molecule has 3 rings (SSSR count). The molecule has 0 unspecified atom stereocenters. The van der Waals surface area contributed by atoms with Crippen LogP contribution in [-0.4, -0.2) is 32.8 Å². The maximum absolute atomic E-state index is 9.01. The Morgan fingerprint density at radius 3 is 3.06 bits per heavy atom. The van der Waals surface area contributed by atoms with Gasteiger partial charge in [0.05, 0.1) is 18.2 Å². The molecule has 17 heavy (non-hydrogen) atoms. The van der Waals surface area contributed by atoms with Crippen LogP contribution in [0.25, 0.3) is 11.0 Å². The first kappa shape index (κ1) is 10.2. The van der Waals surface area contributed by atoms with Crippen LogP contribution in [-0.2, 0) is 4.74 Å². The van der Waals surface area contributed by atoms with Crippen molar-refractivity contribution >= 4 is 16.9 Å². The lowest BCUT2D eigenvalue weighted by atomic mass is 10.1. The monoisotopic (exact) mass is 232 g/mol. The molecule has 4 N–H and O–H groups in total. The van der Waals surface area contributed by atoms with Gasteiger partial charge in [0.2, 0.25) is 0 Å². The highest BCUT2D eigenvalue weighted by atomic mass is 16.5. The van der Waals surface area contributed by atoms with Gasteiger partial charge < -0.3 is 20.6 Å². The van der Waals surface area contributed by atoms with Gasteiger partial charge in [0.1, 0.15) is 17.9 Å². The van der Waals surface area contributed by atoms with Gasteiger partial charge in [-0.1, -0.05) is 12.2 Å². The van der Waals surface area contributed by atoms with E-state index in [2.05, 4.69) is 15.0 Å². The molecule has 2 aromatic rings. The number of aliphatic hydroxyl groups is 1. The van der Waals surface area contributed by atoms with E-state index < -0.39 is 0 Å². The zero-order chi connectivity index (χ0) is 11.8. The maximum Gasteiger partial charge on any atom is 0.151 e. The van der Waals surface area contributed by atoms with Crippen molar-refractivity contribution in [2.45, 2.75) is 12.2 Å². The van der Waals surface area contributed by atoms with Crippen molar-refractivity contribution in [2.24, 2.45) is 0 Å². The maximum atomic E-state index is 9.01. The van der Waals surface area contributed by atoms with Gasteiger partial charge in [-0.05, 0) is 0 Å². The second-order valence-electron chi connectivity index (χ2n) is 3.89. The molecule has 88 valence electrons. The third-order valence-corrected chi connectivity index (χ3v) is 2.83. The quantitative estimate of drug-likeness (QED) is 0.656. The molecule has 0 bridgehead atoms. The Labute approximate surface area is 97.1 Å². The van der Waals surface area contributed by atoms with Gasteiger partial charge in [0.15, 0.2) is 5.82 Å². The number of aliphatic hydroxyl groups excluding tert-OH is 1. The van der Waals surface area contributed by atoms with E-state index in [1.165, 1.54) is 6.33 Å². The number of hydrogen-bond donors (Lipinski definition) is 3. The molecule has 3 heterocycles. The number of rotatable bonds is 2. The van der Waals surface area contributed by atoms with Crippen molar-refractivity contribution < 1.29 is 9.84 Å². The second-order valence-corrected chi connectivity index (χ2v) is 3.89. The van der Waals surface area contributed by atoms with Crippen molar-refractivity contribution in [3.8, 4) is 0 Å². The highest BCUT2D eigenvalue weighted by Gasteiger charge is 2.23. The SMILES string of the molecule is Nc1ncnc2c([C@H]3C=C[C@@H](CO)O3)c[nH]c12. The molecule has 0 saturated carbocycles. The third kappa shape index (κ3) is 1.58. The van der Waals surface area contributed by atoms with Gasteiger partial charge in [0.25, 0.3) is 0 Å². The summed E-state index contributed by atoms with van der Waals surface area (Å²) in [6, 6.07) is 0. The second kappa shape index (κ2) is 3.83. The lowest BCUT2D eigenvalue weighted by molar-refractivity contribution is 0.0257. The predicted octanol–water partition coefficient (Wildman–Crippen LogP) is 0.528. The summed E-state index contributed by atoms with van der Waals surface area (Å²) in [6.07, 6.45) is 6.54. The van der Waals surface area contributed by atoms with E-state index in [1.54, 1.807) is 0 Å². The Morgan fingerprint density at radius 1 is 1.41 bits per heavy atom. The molecule has 0 aliphatic carbocycles. The van der Waals surface area contributed by atoms with E-state index in [-0.39, 0.29) is 18.8 Å². The van der Waals surface area contributed by atoms with Gasteiger partial charge in [-0.2, -0.15) is 0 Å². The Morgan fingerprint density at radius 2 is 2.29 bits per heavy atom. The summed E-state index contributed by atoms with van der Waals surface area (Å²) < 4.78 is 5.62. The summed E-state index contributed by atoms with van der Waals surface area (Å²) in [6.45, 7) is -0.0214. The van der Waals surface area contributed by atoms with E-state index >= 15 is 0 Å². The molecule has 0 saturated heterocycles. The lowest BCUT2D eigenvalue weighted by Gasteiger charge is -2.11. The number of nitrogens with one attached hydrogen (secondary N) is 1. The number of nitrogens with two attached hydrogens (primary N) is 1. The van der Waals surface area contributed by atoms with Crippen molar-refractivity contribution in [1.82, 2.24) is 15.0 Å². The molecule has 0 amide bonds. The first-order chi connectivity index (χ1) is 8.29. The van der Waals surface area contributed by atoms with Crippen molar-refractivity contribution in [2.75, 3.05) is 12.3 Å². The molecule has 1 aliphatic heterocycles. The summed E-state index contributed by atoms with van der Waals surface area (Å²) in [5.74, 6) is 0.418. The molecule has 1 aliphatic rings. The van der Waals surface area contributed by atoms with Crippen molar-refractivity contribution in [3.05, 3.63) is 30.2 Å². The molecular formula is C11H12N4O2. The van der Waals surface area contributed by atoms with E-state index in [0.29, 0.717) is 11.3 Å². The Bertz CT molecular complexity index is 578. The van der Waals surface area contributed by atoms with Gasteiger partial charge in [-0.3, -0.25) is 0 Å². The molecule has 0 fully saturated rings. The van der Waals surface area contributed by atoms with E-state index in [1.807, 2.05) is 18.3 Å². The van der Waals surface area contributed by atoms with Crippen LogP contribution < -0.4 is 5.73 Å². The molecule has 6 nitrogen and oxygen atoms in total. The topological polar surface area (TPSA) is 97.1 Å². The zero-order valence-corrected chi connectivity index (χ0v) is 9.00. The largest absolute Gasteiger partial charge is 0.393 e. The molecule has 2 atom stereocenters. The van der Waals surface area contributed by atoms with Crippen molar-refractivity contribution in [3.63, 3.8) is 0 Å². The minimum Gasteiger partial charge on any atom is -0.393 e. The first-order valence-corrected chi connectivity index (χ1v) is 5.31. The highest BCUT2D eigenvalue weighted by Crippen LogP contribution is 2.31. The van der Waals surface area contributed by atoms with E-state index in [0.717, 1.165) is 11.1 Å². The van der Waals surface area contributed by atoms with Crippen LogP contribution in [0, 0.1) is 0 Å². The van der Waals surface area contributed by atoms with Crippen LogP contribution in [0.5, 0.6) is 0 Å². The number of nitrogens with zero attached hydrogens (tertiary/aromatic N) is 2. The lowest BCUT2D eigenvalue weighted by Crippen LogP contribution is -2.11. The van der Waals surface area contributed by atoms with Crippen molar-refractivity contribution in [1.29, 1.82) is 0 Å². The summed E-state index contributed by atoms with van der Waals surface area (Å²) in [4.78, 5) is 11.2. The number of aromatic amines is 1. The molecule has 0 radical (unpaired) electrons. The smallest absolute Gasteiger partial charge is 0.151 e. The molecular weight excluding hydrogens is 220 g/mol. The van der Waals surface area contributed by atoms with Gasteiger partial charge >= 0.3 is 0 Å². The molecule has 2 aromatic heterocycles. The van der Waals surface area contributed by atoms with Gasteiger partial charge in [-0.15, -0.1) is 0 Å². The summed E-state index contributed by atoms with van der Waals surface area (Å²) in [7, 11) is 0.